The molecule has 0 unspecified atom stereocenters. The lowest BCUT2D eigenvalue weighted by molar-refractivity contribution is 0.0525. The minimum Gasteiger partial charge on any atom is -0.507 e. The van der Waals surface area contributed by atoms with Crippen LogP contribution in [-0.2, 0) is 11.2 Å². The summed E-state index contributed by atoms with van der Waals surface area (Å²) in [4.78, 5) is 12.2. The molecule has 0 aliphatic heterocycles. The number of aromatic hydroxyl groups is 1. The van der Waals surface area contributed by atoms with Crippen LogP contribution in [0.1, 0.15) is 42.6 Å². The van der Waals surface area contributed by atoms with Crippen LogP contribution in [0.5, 0.6) is 11.5 Å². The number of phenolic OH excluding ortho intramolecular Hbond substituents is 1. The van der Waals surface area contributed by atoms with Crippen LogP contribution in [0.4, 0.5) is 0 Å². The first kappa shape index (κ1) is 16.1. The molecule has 118 valence electrons. The van der Waals surface area contributed by atoms with Crippen molar-refractivity contribution in [3.05, 3.63) is 35.4 Å². The van der Waals surface area contributed by atoms with Crippen LogP contribution in [0.25, 0.3) is 10.8 Å². The number of phenols is 1. The Kier molecular flexibility index (Phi) is 5.26. The summed E-state index contributed by atoms with van der Waals surface area (Å²) in [5, 5.41) is 11.8. The van der Waals surface area contributed by atoms with Crippen molar-refractivity contribution in [1.29, 1.82) is 0 Å². The number of carbonyl (C=O) groups excluding carboxylic acids is 1. The molecule has 0 aromatic heterocycles. The SMILES string of the molecule is CCCCc1c(C(=O)OCC)cc(O)c2c(OC)cccc12. The van der Waals surface area contributed by atoms with Crippen molar-refractivity contribution in [2.24, 2.45) is 0 Å². The molecule has 0 spiro atoms. The van der Waals surface area contributed by atoms with E-state index in [0.717, 1.165) is 30.2 Å². The monoisotopic (exact) mass is 302 g/mol. The second-order valence-electron chi connectivity index (χ2n) is 5.13. The number of unbranched alkanes of at least 4 members (excludes halogenated alkanes) is 1. The third-order valence-electron chi connectivity index (χ3n) is 3.71. The highest BCUT2D eigenvalue weighted by Crippen LogP contribution is 2.38. The molecule has 2 aromatic carbocycles. The molecule has 0 heterocycles. The Hall–Kier alpha value is -2.23. The van der Waals surface area contributed by atoms with Gasteiger partial charge in [0, 0.05) is 0 Å². The first-order valence-electron chi connectivity index (χ1n) is 7.62. The first-order valence-corrected chi connectivity index (χ1v) is 7.62. The van der Waals surface area contributed by atoms with Gasteiger partial charge in [-0.2, -0.15) is 0 Å². The van der Waals surface area contributed by atoms with Crippen LogP contribution in [0.2, 0.25) is 0 Å². The Morgan fingerprint density at radius 3 is 2.68 bits per heavy atom. The van der Waals surface area contributed by atoms with E-state index in [1.165, 1.54) is 6.07 Å². The number of esters is 1. The quantitative estimate of drug-likeness (QED) is 0.817. The van der Waals surface area contributed by atoms with Gasteiger partial charge in [-0.3, -0.25) is 0 Å². The van der Waals surface area contributed by atoms with Gasteiger partial charge in [-0.25, -0.2) is 4.79 Å². The second-order valence-corrected chi connectivity index (χ2v) is 5.13. The average molecular weight is 302 g/mol. The molecule has 2 rings (SSSR count). The van der Waals surface area contributed by atoms with E-state index in [1.54, 1.807) is 20.1 Å². The molecule has 4 heteroatoms. The summed E-state index contributed by atoms with van der Waals surface area (Å²) in [6.45, 7) is 4.18. The van der Waals surface area contributed by atoms with Crippen molar-refractivity contribution in [3.63, 3.8) is 0 Å². The van der Waals surface area contributed by atoms with Gasteiger partial charge in [-0.1, -0.05) is 25.5 Å². The summed E-state index contributed by atoms with van der Waals surface area (Å²) in [5.41, 5.74) is 1.35. The molecule has 4 nitrogen and oxygen atoms in total. The van der Waals surface area contributed by atoms with E-state index in [2.05, 4.69) is 6.92 Å². The summed E-state index contributed by atoms with van der Waals surface area (Å²) in [6, 6.07) is 7.07. The number of aryl methyl sites for hydroxylation is 1. The number of fused-ring (bicyclic) bond motifs is 1. The number of methoxy groups -OCH3 is 1. The Balaban J connectivity index is 2.71. The molecule has 0 radical (unpaired) electrons. The second kappa shape index (κ2) is 7.16. The topological polar surface area (TPSA) is 55.8 Å². The van der Waals surface area contributed by atoms with E-state index in [1.807, 2.05) is 12.1 Å². The van der Waals surface area contributed by atoms with Gasteiger partial charge in [0.1, 0.15) is 11.5 Å². The summed E-state index contributed by atoms with van der Waals surface area (Å²) in [5.74, 6) is 0.243. The summed E-state index contributed by atoms with van der Waals surface area (Å²) in [6.07, 6.45) is 2.74. The number of ether oxygens (including phenoxy) is 2. The number of hydrogen-bond donors (Lipinski definition) is 1. The summed E-state index contributed by atoms with van der Waals surface area (Å²) < 4.78 is 10.5. The molecular weight excluding hydrogens is 280 g/mol. The summed E-state index contributed by atoms with van der Waals surface area (Å²) in [7, 11) is 1.57. The molecule has 0 saturated carbocycles. The van der Waals surface area contributed by atoms with Gasteiger partial charge in [0.25, 0.3) is 0 Å². The molecular formula is C18H22O4. The number of benzene rings is 2. The molecule has 22 heavy (non-hydrogen) atoms. The molecule has 0 amide bonds. The average Bonchev–Trinajstić information content (AvgIpc) is 2.53. The molecule has 0 atom stereocenters. The molecule has 2 aromatic rings. The van der Waals surface area contributed by atoms with Crippen molar-refractivity contribution >= 4 is 16.7 Å². The van der Waals surface area contributed by atoms with Crippen LogP contribution in [0, 0.1) is 0 Å². The van der Waals surface area contributed by atoms with Gasteiger partial charge < -0.3 is 14.6 Å². The fourth-order valence-corrected chi connectivity index (χ4v) is 2.67. The van der Waals surface area contributed by atoms with Crippen LogP contribution >= 0.6 is 0 Å². The predicted molar refractivity (Wildman–Crippen MR) is 86.7 cm³/mol. The molecule has 0 bridgehead atoms. The van der Waals surface area contributed by atoms with Gasteiger partial charge >= 0.3 is 5.97 Å². The van der Waals surface area contributed by atoms with Crippen LogP contribution in [-0.4, -0.2) is 24.8 Å². The van der Waals surface area contributed by atoms with Crippen LogP contribution < -0.4 is 4.74 Å². The Morgan fingerprint density at radius 2 is 2.05 bits per heavy atom. The standard InChI is InChI=1S/C18H22O4/c1-4-6-8-12-13-9-7-10-16(21-3)17(13)15(19)11-14(12)18(20)22-5-2/h7,9-11,19H,4-6,8H2,1-3H3. The van der Waals surface area contributed by atoms with Crippen molar-refractivity contribution in [2.75, 3.05) is 13.7 Å². The van der Waals surface area contributed by atoms with Crippen LogP contribution in [0.3, 0.4) is 0 Å². The number of hydrogen-bond acceptors (Lipinski definition) is 4. The van der Waals surface area contributed by atoms with Crippen molar-refractivity contribution in [3.8, 4) is 11.5 Å². The maximum Gasteiger partial charge on any atom is 0.338 e. The lowest BCUT2D eigenvalue weighted by Crippen LogP contribution is -2.09. The van der Waals surface area contributed by atoms with E-state index in [9.17, 15) is 9.90 Å². The maximum atomic E-state index is 12.2. The molecule has 0 aliphatic rings. The number of carbonyl (C=O) groups is 1. The minimum absolute atomic E-state index is 0.0377. The van der Waals surface area contributed by atoms with E-state index in [-0.39, 0.29) is 5.75 Å². The third-order valence-corrected chi connectivity index (χ3v) is 3.71. The minimum atomic E-state index is -0.395. The van der Waals surface area contributed by atoms with Gasteiger partial charge in [0.15, 0.2) is 0 Å². The van der Waals surface area contributed by atoms with Crippen molar-refractivity contribution in [1.82, 2.24) is 0 Å². The Morgan fingerprint density at radius 1 is 1.27 bits per heavy atom. The van der Waals surface area contributed by atoms with Gasteiger partial charge in [0.2, 0.25) is 0 Å². The largest absolute Gasteiger partial charge is 0.507 e. The van der Waals surface area contributed by atoms with Crippen molar-refractivity contribution < 1.29 is 19.4 Å². The molecule has 0 fully saturated rings. The Labute approximate surface area is 130 Å². The Bertz CT molecular complexity index is 676. The van der Waals surface area contributed by atoms with Gasteiger partial charge in [-0.15, -0.1) is 0 Å². The highest BCUT2D eigenvalue weighted by atomic mass is 16.5. The first-order chi connectivity index (χ1) is 10.6. The molecule has 0 saturated heterocycles. The predicted octanol–water partition coefficient (Wildman–Crippen LogP) is 4.07. The zero-order valence-corrected chi connectivity index (χ0v) is 13.3. The zero-order chi connectivity index (χ0) is 16.1. The third kappa shape index (κ3) is 3.01. The van der Waals surface area contributed by atoms with Gasteiger partial charge in [-0.05, 0) is 42.8 Å². The smallest absolute Gasteiger partial charge is 0.338 e. The normalized spacial score (nSPS) is 10.7. The lowest BCUT2D eigenvalue weighted by Gasteiger charge is -2.15. The van der Waals surface area contributed by atoms with E-state index in [4.69, 9.17) is 9.47 Å². The highest BCUT2D eigenvalue weighted by molar-refractivity contribution is 6.03. The number of rotatable bonds is 6. The lowest BCUT2D eigenvalue weighted by atomic mass is 9.93. The van der Waals surface area contributed by atoms with E-state index >= 15 is 0 Å². The van der Waals surface area contributed by atoms with E-state index < -0.39 is 5.97 Å². The van der Waals surface area contributed by atoms with E-state index in [0.29, 0.717) is 23.3 Å². The van der Waals surface area contributed by atoms with Gasteiger partial charge in [0.05, 0.1) is 24.7 Å². The van der Waals surface area contributed by atoms with Crippen LogP contribution in [0.15, 0.2) is 24.3 Å². The highest BCUT2D eigenvalue weighted by Gasteiger charge is 2.19. The summed E-state index contributed by atoms with van der Waals surface area (Å²) >= 11 is 0. The zero-order valence-electron chi connectivity index (χ0n) is 13.3. The maximum absolute atomic E-state index is 12.2. The fraction of sp³-hybridized carbons (Fsp3) is 0.389. The molecule has 1 N–H and O–H groups in total. The molecule has 0 aliphatic carbocycles. The fourth-order valence-electron chi connectivity index (χ4n) is 2.67. The van der Waals surface area contributed by atoms with Crippen molar-refractivity contribution in [2.45, 2.75) is 33.1 Å².